The lowest BCUT2D eigenvalue weighted by molar-refractivity contribution is -0.137. The minimum atomic E-state index is -4.43. The molecule has 0 bridgehead atoms. The Morgan fingerprint density at radius 1 is 1.12 bits per heavy atom. The quantitative estimate of drug-likeness (QED) is 0.600. The Balaban J connectivity index is 1.46. The molecular formula is C23H30F3N5O3. The second-order valence-electron chi connectivity index (χ2n) is 9.11. The van der Waals surface area contributed by atoms with Gasteiger partial charge in [-0.3, -0.25) is 4.79 Å². The van der Waals surface area contributed by atoms with Crippen molar-refractivity contribution in [2.75, 3.05) is 31.5 Å². The van der Waals surface area contributed by atoms with Crippen LogP contribution in [0.25, 0.3) is 0 Å². The van der Waals surface area contributed by atoms with Gasteiger partial charge >= 0.3 is 12.3 Å². The molecule has 11 heteroatoms. The molecule has 34 heavy (non-hydrogen) atoms. The number of aromatic nitrogens is 2. The third-order valence-electron chi connectivity index (χ3n) is 5.33. The van der Waals surface area contributed by atoms with Gasteiger partial charge in [0.2, 0.25) is 0 Å². The third kappa shape index (κ3) is 6.88. The number of nitrogens with one attached hydrogen (secondary N) is 2. The van der Waals surface area contributed by atoms with Crippen molar-refractivity contribution in [2.24, 2.45) is 0 Å². The molecule has 0 radical (unpaired) electrons. The van der Waals surface area contributed by atoms with Crippen molar-refractivity contribution >= 4 is 17.8 Å². The first kappa shape index (κ1) is 25.4. The number of nitrogens with zero attached hydrogens (tertiary/aromatic N) is 3. The number of pyridine rings is 1. The van der Waals surface area contributed by atoms with E-state index in [1.807, 2.05) is 31.5 Å². The van der Waals surface area contributed by atoms with Crippen LogP contribution >= 0.6 is 0 Å². The van der Waals surface area contributed by atoms with Crippen LogP contribution in [0.5, 0.6) is 0 Å². The molecule has 0 saturated carbocycles. The van der Waals surface area contributed by atoms with E-state index in [4.69, 9.17) is 4.74 Å². The van der Waals surface area contributed by atoms with Gasteiger partial charge in [0.05, 0.1) is 5.56 Å². The number of carbonyl (C=O) groups is 2. The maximum atomic E-state index is 12.7. The number of anilines is 1. The molecule has 0 spiro atoms. The third-order valence-corrected chi connectivity index (χ3v) is 5.33. The van der Waals surface area contributed by atoms with E-state index in [1.54, 1.807) is 17.0 Å². The van der Waals surface area contributed by atoms with Crippen LogP contribution in [0.3, 0.4) is 0 Å². The summed E-state index contributed by atoms with van der Waals surface area (Å²) in [6.45, 7) is 7.16. The Bertz CT molecular complexity index is 975. The molecule has 2 amide bonds. The first-order chi connectivity index (χ1) is 15.9. The molecule has 186 valence electrons. The molecule has 3 rings (SSSR count). The largest absolute Gasteiger partial charge is 0.444 e. The first-order valence-corrected chi connectivity index (χ1v) is 11.1. The van der Waals surface area contributed by atoms with Gasteiger partial charge in [0.1, 0.15) is 17.1 Å². The highest BCUT2D eigenvalue weighted by atomic mass is 19.4. The van der Waals surface area contributed by atoms with Crippen LogP contribution < -0.4 is 10.6 Å². The molecule has 2 aromatic rings. The van der Waals surface area contributed by atoms with Crippen molar-refractivity contribution in [1.82, 2.24) is 19.8 Å². The summed E-state index contributed by atoms with van der Waals surface area (Å²) in [5, 5.41) is 5.69. The van der Waals surface area contributed by atoms with Crippen LogP contribution in [0.4, 0.5) is 23.8 Å². The zero-order valence-corrected chi connectivity index (χ0v) is 19.5. The van der Waals surface area contributed by atoms with Gasteiger partial charge in [-0.25, -0.2) is 9.78 Å². The van der Waals surface area contributed by atoms with Crippen molar-refractivity contribution in [3.8, 4) is 0 Å². The Morgan fingerprint density at radius 3 is 2.41 bits per heavy atom. The highest BCUT2D eigenvalue weighted by molar-refractivity contribution is 5.92. The summed E-state index contributed by atoms with van der Waals surface area (Å²) in [5.41, 5.74) is -0.843. The monoisotopic (exact) mass is 481 g/mol. The van der Waals surface area contributed by atoms with Crippen LogP contribution in [0, 0.1) is 0 Å². The molecule has 0 atom stereocenters. The minimum absolute atomic E-state index is 0.0870. The average Bonchev–Trinajstić information content (AvgIpc) is 3.25. The van der Waals surface area contributed by atoms with Crippen LogP contribution in [-0.2, 0) is 10.9 Å². The van der Waals surface area contributed by atoms with Crippen LogP contribution in [0.2, 0.25) is 0 Å². The molecule has 1 fully saturated rings. The molecule has 8 nitrogen and oxygen atoms in total. The van der Waals surface area contributed by atoms with Crippen LogP contribution in [-0.4, -0.2) is 58.2 Å². The Kier molecular flexibility index (Phi) is 7.73. The highest BCUT2D eigenvalue weighted by Gasteiger charge is 2.31. The first-order valence-electron chi connectivity index (χ1n) is 11.1. The SMILES string of the molecule is CC(C)(C)OC(=O)N1CCC(n2cccc2C(=O)NCCNc2ccc(C(F)(F)F)cn2)CC1. The Hall–Kier alpha value is -3.24. The van der Waals surface area contributed by atoms with Gasteiger partial charge in [0.25, 0.3) is 5.91 Å². The van der Waals surface area contributed by atoms with Crippen molar-refractivity contribution in [1.29, 1.82) is 0 Å². The van der Waals surface area contributed by atoms with Crippen molar-refractivity contribution < 1.29 is 27.5 Å². The summed E-state index contributed by atoms with van der Waals surface area (Å²) in [4.78, 5) is 30.4. The lowest BCUT2D eigenvalue weighted by atomic mass is 10.0. The van der Waals surface area contributed by atoms with E-state index in [0.29, 0.717) is 44.0 Å². The normalized spacial score (nSPS) is 15.2. The molecule has 2 aromatic heterocycles. The molecule has 2 N–H and O–H groups in total. The summed E-state index contributed by atoms with van der Waals surface area (Å²) in [5.74, 6) is 0.0455. The summed E-state index contributed by atoms with van der Waals surface area (Å²) in [6, 6.07) is 5.83. The number of alkyl halides is 3. The van der Waals surface area contributed by atoms with Gasteiger partial charge in [0, 0.05) is 44.6 Å². The maximum absolute atomic E-state index is 12.7. The van der Waals surface area contributed by atoms with E-state index in [0.717, 1.165) is 12.3 Å². The Labute approximate surface area is 196 Å². The molecule has 0 unspecified atom stereocenters. The van der Waals surface area contributed by atoms with Crippen molar-refractivity contribution in [3.05, 3.63) is 47.9 Å². The number of likely N-dealkylation sites (tertiary alicyclic amines) is 1. The molecule has 1 saturated heterocycles. The number of hydrogen-bond acceptors (Lipinski definition) is 5. The van der Waals surface area contributed by atoms with Gasteiger partial charge in [-0.2, -0.15) is 13.2 Å². The number of piperidine rings is 1. The average molecular weight is 482 g/mol. The number of amides is 2. The van der Waals surface area contributed by atoms with Crippen molar-refractivity contribution in [2.45, 2.75) is 51.4 Å². The summed E-state index contributed by atoms with van der Waals surface area (Å²) >= 11 is 0. The molecule has 0 aliphatic carbocycles. The van der Waals surface area contributed by atoms with Crippen LogP contribution in [0.1, 0.15) is 55.7 Å². The fourth-order valence-electron chi connectivity index (χ4n) is 3.68. The predicted octanol–water partition coefficient (Wildman–Crippen LogP) is 4.32. The van der Waals surface area contributed by atoms with E-state index in [2.05, 4.69) is 15.6 Å². The van der Waals surface area contributed by atoms with E-state index in [-0.39, 0.29) is 24.6 Å². The van der Waals surface area contributed by atoms with E-state index in [1.165, 1.54) is 6.07 Å². The molecule has 3 heterocycles. The molecular weight excluding hydrogens is 451 g/mol. The number of ether oxygens (including phenoxy) is 1. The van der Waals surface area contributed by atoms with E-state index in [9.17, 15) is 22.8 Å². The van der Waals surface area contributed by atoms with Crippen LogP contribution in [0.15, 0.2) is 36.7 Å². The predicted molar refractivity (Wildman–Crippen MR) is 121 cm³/mol. The number of hydrogen-bond donors (Lipinski definition) is 2. The summed E-state index contributed by atoms with van der Waals surface area (Å²) < 4.78 is 45.1. The summed E-state index contributed by atoms with van der Waals surface area (Å²) in [6.07, 6.45) is -0.730. The zero-order chi connectivity index (χ0) is 24.9. The summed E-state index contributed by atoms with van der Waals surface area (Å²) in [7, 11) is 0. The van der Waals surface area contributed by atoms with Gasteiger partial charge in [-0.1, -0.05) is 0 Å². The van der Waals surface area contributed by atoms with Gasteiger partial charge in [-0.05, 0) is 57.9 Å². The number of carbonyl (C=O) groups excluding carboxylic acids is 2. The smallest absolute Gasteiger partial charge is 0.417 e. The minimum Gasteiger partial charge on any atom is -0.444 e. The molecule has 1 aliphatic heterocycles. The number of halogens is 3. The number of rotatable bonds is 6. The van der Waals surface area contributed by atoms with E-state index < -0.39 is 17.3 Å². The maximum Gasteiger partial charge on any atom is 0.417 e. The molecule has 0 aromatic carbocycles. The lowest BCUT2D eigenvalue weighted by Crippen LogP contribution is -2.42. The van der Waals surface area contributed by atoms with Gasteiger partial charge in [0.15, 0.2) is 0 Å². The standard InChI is InChI=1S/C23H30F3N5O3/c1-22(2,3)34-21(33)30-13-8-17(9-14-30)31-12-4-5-18(31)20(32)28-11-10-27-19-7-6-16(15-29-19)23(24,25)26/h4-7,12,15,17H,8-11,13-14H2,1-3H3,(H,27,29)(H,28,32). The fraction of sp³-hybridized carbons (Fsp3) is 0.522. The van der Waals surface area contributed by atoms with Gasteiger partial charge in [-0.15, -0.1) is 0 Å². The van der Waals surface area contributed by atoms with E-state index >= 15 is 0 Å². The molecule has 1 aliphatic rings. The second kappa shape index (κ2) is 10.4. The lowest BCUT2D eigenvalue weighted by Gasteiger charge is -2.34. The highest BCUT2D eigenvalue weighted by Crippen LogP contribution is 2.29. The van der Waals surface area contributed by atoms with Gasteiger partial charge < -0.3 is 24.8 Å². The Morgan fingerprint density at radius 2 is 1.82 bits per heavy atom. The second-order valence-corrected chi connectivity index (χ2v) is 9.11. The zero-order valence-electron chi connectivity index (χ0n) is 19.5. The fourth-order valence-corrected chi connectivity index (χ4v) is 3.68. The topological polar surface area (TPSA) is 88.5 Å². The van der Waals surface area contributed by atoms with Crippen molar-refractivity contribution in [3.63, 3.8) is 0 Å².